The molecule has 0 atom stereocenters. The summed E-state index contributed by atoms with van der Waals surface area (Å²) in [7, 11) is 0. The van der Waals surface area contributed by atoms with Crippen molar-refractivity contribution in [3.63, 3.8) is 0 Å². The van der Waals surface area contributed by atoms with Gasteiger partial charge in [0.05, 0.1) is 26.1 Å². The van der Waals surface area contributed by atoms with E-state index in [1.54, 1.807) is 0 Å². The van der Waals surface area contributed by atoms with E-state index < -0.39 is 0 Å². The van der Waals surface area contributed by atoms with Crippen LogP contribution in [0, 0.1) is 0 Å². The molecule has 0 aromatic carbocycles. The molecule has 184 valence electrons. The molecule has 0 saturated heterocycles. The summed E-state index contributed by atoms with van der Waals surface area (Å²) in [5.41, 5.74) is 0. The topological polar surface area (TPSA) is 61.8 Å². The van der Waals surface area contributed by atoms with Gasteiger partial charge in [-0.05, 0) is 13.3 Å². The van der Waals surface area contributed by atoms with E-state index in [1.165, 1.54) is 89.9 Å². The van der Waals surface area contributed by atoms with Gasteiger partial charge in [-0.2, -0.15) is 0 Å². The van der Waals surface area contributed by atoms with Crippen LogP contribution in [-0.4, -0.2) is 38.4 Å². The molecule has 0 saturated carbocycles. The zero-order chi connectivity index (χ0) is 22.8. The standard InChI is InChI=1S/C26H50O5/c1-3-5-6-7-8-9-10-11-12-13-14-15-16-17-18-19-22-30-25(27)20-21-26(28)31-24-23-29-4-2/h3-24H2,1-2H3. The van der Waals surface area contributed by atoms with Crippen molar-refractivity contribution in [2.75, 3.05) is 26.4 Å². The number of ether oxygens (including phenoxy) is 3. The average molecular weight is 443 g/mol. The number of hydrogen-bond donors (Lipinski definition) is 0. The van der Waals surface area contributed by atoms with E-state index in [0.717, 1.165) is 12.8 Å². The molecule has 0 aliphatic heterocycles. The molecule has 0 aliphatic rings. The molecular formula is C26H50O5. The van der Waals surface area contributed by atoms with Crippen molar-refractivity contribution in [3.8, 4) is 0 Å². The van der Waals surface area contributed by atoms with Gasteiger partial charge in [0.1, 0.15) is 6.61 Å². The van der Waals surface area contributed by atoms with E-state index in [9.17, 15) is 9.59 Å². The van der Waals surface area contributed by atoms with Crippen LogP contribution in [0.3, 0.4) is 0 Å². The van der Waals surface area contributed by atoms with Gasteiger partial charge >= 0.3 is 11.9 Å². The van der Waals surface area contributed by atoms with Crippen LogP contribution in [0.5, 0.6) is 0 Å². The molecule has 0 heterocycles. The highest BCUT2D eigenvalue weighted by Crippen LogP contribution is 2.13. The van der Waals surface area contributed by atoms with Crippen LogP contribution < -0.4 is 0 Å². The molecule has 0 N–H and O–H groups in total. The SMILES string of the molecule is CCCCCCCCCCCCCCCCCCOC(=O)CCC(=O)OCCOCC. The van der Waals surface area contributed by atoms with Gasteiger partial charge < -0.3 is 14.2 Å². The number of carbonyl (C=O) groups excluding carboxylic acids is 2. The lowest BCUT2D eigenvalue weighted by Gasteiger charge is -2.06. The minimum Gasteiger partial charge on any atom is -0.466 e. The minimum atomic E-state index is -0.376. The van der Waals surface area contributed by atoms with Crippen molar-refractivity contribution in [3.05, 3.63) is 0 Å². The van der Waals surface area contributed by atoms with Crippen LogP contribution in [0.4, 0.5) is 0 Å². The van der Waals surface area contributed by atoms with Gasteiger partial charge in [-0.15, -0.1) is 0 Å². The summed E-state index contributed by atoms with van der Waals surface area (Å²) < 4.78 is 15.2. The van der Waals surface area contributed by atoms with Crippen molar-refractivity contribution in [1.29, 1.82) is 0 Å². The Hall–Kier alpha value is -1.10. The highest BCUT2D eigenvalue weighted by atomic mass is 16.6. The van der Waals surface area contributed by atoms with E-state index in [0.29, 0.717) is 19.8 Å². The van der Waals surface area contributed by atoms with Gasteiger partial charge in [0.2, 0.25) is 0 Å². The van der Waals surface area contributed by atoms with Gasteiger partial charge in [0, 0.05) is 6.61 Å². The maximum Gasteiger partial charge on any atom is 0.306 e. The predicted octanol–water partition coefficient (Wildman–Crippen LogP) is 7.15. The predicted molar refractivity (Wildman–Crippen MR) is 127 cm³/mol. The Kier molecular flexibility index (Phi) is 24.3. The Balaban J connectivity index is 3.22. The Bertz CT molecular complexity index is 397. The normalized spacial score (nSPS) is 10.9. The molecular weight excluding hydrogens is 392 g/mol. The molecule has 0 rings (SSSR count). The number of esters is 2. The minimum absolute atomic E-state index is 0.0733. The Morgan fingerprint density at radius 1 is 0.484 bits per heavy atom. The average Bonchev–Trinajstić information content (AvgIpc) is 2.77. The lowest BCUT2D eigenvalue weighted by molar-refractivity contribution is -0.151. The molecule has 0 bridgehead atoms. The molecule has 5 nitrogen and oxygen atoms in total. The van der Waals surface area contributed by atoms with Crippen LogP contribution in [0.1, 0.15) is 129 Å². The summed E-state index contributed by atoms with van der Waals surface area (Å²) >= 11 is 0. The summed E-state index contributed by atoms with van der Waals surface area (Å²) in [4.78, 5) is 23.1. The van der Waals surface area contributed by atoms with Crippen molar-refractivity contribution in [2.24, 2.45) is 0 Å². The van der Waals surface area contributed by atoms with Crippen molar-refractivity contribution in [2.45, 2.75) is 129 Å². The second kappa shape index (κ2) is 25.2. The first kappa shape index (κ1) is 29.9. The van der Waals surface area contributed by atoms with E-state index in [1.807, 2.05) is 6.92 Å². The summed E-state index contributed by atoms with van der Waals surface area (Å²) in [5, 5.41) is 0. The van der Waals surface area contributed by atoms with Crippen LogP contribution in [-0.2, 0) is 23.8 Å². The maximum absolute atomic E-state index is 11.6. The fourth-order valence-corrected chi connectivity index (χ4v) is 3.54. The second-order valence-electron chi connectivity index (χ2n) is 8.44. The van der Waals surface area contributed by atoms with Gasteiger partial charge in [0.15, 0.2) is 0 Å². The number of hydrogen-bond acceptors (Lipinski definition) is 5. The lowest BCUT2D eigenvalue weighted by atomic mass is 10.0. The first-order valence-electron chi connectivity index (χ1n) is 13.1. The van der Waals surface area contributed by atoms with Gasteiger partial charge in [-0.1, -0.05) is 103 Å². The zero-order valence-electron chi connectivity index (χ0n) is 20.6. The van der Waals surface area contributed by atoms with Crippen LogP contribution in [0.15, 0.2) is 0 Å². The molecule has 0 aliphatic carbocycles. The molecule has 0 aromatic rings. The lowest BCUT2D eigenvalue weighted by Crippen LogP contribution is -2.13. The van der Waals surface area contributed by atoms with Crippen molar-refractivity contribution < 1.29 is 23.8 Å². The molecule has 0 fully saturated rings. The molecule has 0 unspecified atom stereocenters. The van der Waals surface area contributed by atoms with E-state index >= 15 is 0 Å². The highest BCUT2D eigenvalue weighted by Gasteiger charge is 2.09. The third-order valence-electron chi connectivity index (χ3n) is 5.49. The summed E-state index contributed by atoms with van der Waals surface area (Å²) in [6, 6.07) is 0. The first-order chi connectivity index (χ1) is 15.2. The number of unbranched alkanes of at least 4 members (excludes halogenated alkanes) is 15. The summed E-state index contributed by atoms with van der Waals surface area (Å²) in [6.07, 6.45) is 21.4. The third kappa shape index (κ3) is 25.0. The smallest absolute Gasteiger partial charge is 0.306 e. The van der Waals surface area contributed by atoms with E-state index in [4.69, 9.17) is 14.2 Å². The Morgan fingerprint density at radius 2 is 0.871 bits per heavy atom. The van der Waals surface area contributed by atoms with Gasteiger partial charge in [0.25, 0.3) is 0 Å². The van der Waals surface area contributed by atoms with Crippen LogP contribution in [0.25, 0.3) is 0 Å². The number of rotatable bonds is 24. The van der Waals surface area contributed by atoms with Gasteiger partial charge in [-0.25, -0.2) is 0 Å². The Morgan fingerprint density at radius 3 is 1.29 bits per heavy atom. The third-order valence-corrected chi connectivity index (χ3v) is 5.49. The molecule has 31 heavy (non-hydrogen) atoms. The van der Waals surface area contributed by atoms with E-state index in [2.05, 4.69) is 6.92 Å². The molecule has 5 heteroatoms. The second-order valence-corrected chi connectivity index (χ2v) is 8.44. The Labute approximate surface area is 192 Å². The summed E-state index contributed by atoms with van der Waals surface area (Å²) in [6.45, 7) is 5.85. The number of carbonyl (C=O) groups is 2. The zero-order valence-corrected chi connectivity index (χ0v) is 20.6. The van der Waals surface area contributed by atoms with Gasteiger partial charge in [-0.3, -0.25) is 9.59 Å². The van der Waals surface area contributed by atoms with Crippen LogP contribution >= 0.6 is 0 Å². The van der Waals surface area contributed by atoms with Crippen LogP contribution in [0.2, 0.25) is 0 Å². The maximum atomic E-state index is 11.6. The molecule has 0 aromatic heterocycles. The monoisotopic (exact) mass is 442 g/mol. The van der Waals surface area contributed by atoms with Crippen molar-refractivity contribution >= 4 is 11.9 Å². The fraction of sp³-hybridized carbons (Fsp3) is 0.923. The molecule has 0 radical (unpaired) electrons. The summed E-state index contributed by atoms with van der Waals surface area (Å²) in [5.74, 6) is -0.693. The van der Waals surface area contributed by atoms with Crippen molar-refractivity contribution in [1.82, 2.24) is 0 Å². The quantitative estimate of drug-likeness (QED) is 0.117. The largest absolute Gasteiger partial charge is 0.466 e. The first-order valence-corrected chi connectivity index (χ1v) is 13.1. The molecule has 0 spiro atoms. The highest BCUT2D eigenvalue weighted by molar-refractivity contribution is 5.77. The molecule has 0 amide bonds. The fourth-order valence-electron chi connectivity index (χ4n) is 3.54. The van der Waals surface area contributed by atoms with E-state index in [-0.39, 0.29) is 31.4 Å².